The number of carbonyl (C=O) groups is 1. The first-order chi connectivity index (χ1) is 8.63. The molecule has 0 aromatic heterocycles. The lowest BCUT2D eigenvalue weighted by atomic mass is 10.3. The van der Waals surface area contributed by atoms with E-state index in [4.69, 9.17) is 16.3 Å². The quantitative estimate of drug-likeness (QED) is 0.446. The Morgan fingerprint density at radius 1 is 1.50 bits per heavy atom. The van der Waals surface area contributed by atoms with Gasteiger partial charge in [0.25, 0.3) is 5.91 Å². The molecule has 100 valence electrons. The summed E-state index contributed by atoms with van der Waals surface area (Å²) in [6, 6.07) is 7.04. The van der Waals surface area contributed by atoms with Crippen molar-refractivity contribution in [2.45, 2.75) is 25.9 Å². The molecule has 1 aromatic rings. The van der Waals surface area contributed by atoms with Crippen molar-refractivity contribution in [3.05, 3.63) is 29.3 Å². The summed E-state index contributed by atoms with van der Waals surface area (Å²) in [4.78, 5) is 11.7. The maximum absolute atomic E-state index is 11.7. The van der Waals surface area contributed by atoms with E-state index < -0.39 is 6.10 Å². The number of alkyl halides is 1. The van der Waals surface area contributed by atoms with Crippen molar-refractivity contribution in [1.29, 1.82) is 0 Å². The second-order valence-electron chi connectivity index (χ2n) is 3.90. The van der Waals surface area contributed by atoms with E-state index in [2.05, 4.69) is 27.9 Å². The van der Waals surface area contributed by atoms with Crippen molar-refractivity contribution in [3.8, 4) is 5.75 Å². The molecule has 1 atom stereocenters. The molecule has 1 amide bonds. The van der Waals surface area contributed by atoms with Crippen LogP contribution in [0.3, 0.4) is 0 Å². The molecular weight excluding hydrogens is 365 g/mol. The van der Waals surface area contributed by atoms with E-state index in [1.807, 2.05) is 0 Å². The molecule has 0 aliphatic carbocycles. The molecule has 0 fully saturated rings. The number of benzene rings is 1. The van der Waals surface area contributed by atoms with Gasteiger partial charge in [-0.15, -0.1) is 0 Å². The van der Waals surface area contributed by atoms with E-state index in [1.54, 1.807) is 31.2 Å². The molecular formula is C13H17ClINO2. The van der Waals surface area contributed by atoms with Gasteiger partial charge in [0.1, 0.15) is 5.75 Å². The highest BCUT2D eigenvalue weighted by molar-refractivity contribution is 14.1. The molecule has 3 nitrogen and oxygen atoms in total. The number of hydrogen-bond acceptors (Lipinski definition) is 2. The number of carbonyl (C=O) groups excluding carboxylic acids is 1. The first kappa shape index (κ1) is 15.6. The van der Waals surface area contributed by atoms with E-state index in [9.17, 15) is 4.79 Å². The molecule has 18 heavy (non-hydrogen) atoms. The fourth-order valence-electron chi connectivity index (χ4n) is 1.37. The Bertz CT molecular complexity index is 387. The van der Waals surface area contributed by atoms with Crippen LogP contribution in [-0.2, 0) is 4.79 Å². The minimum Gasteiger partial charge on any atom is -0.481 e. The maximum Gasteiger partial charge on any atom is 0.260 e. The SMILES string of the molecule is CC(Oc1cccc(Cl)c1)C(=O)NCCCCI. The minimum absolute atomic E-state index is 0.0940. The summed E-state index contributed by atoms with van der Waals surface area (Å²) in [5.41, 5.74) is 0. The molecule has 0 radical (unpaired) electrons. The summed E-state index contributed by atoms with van der Waals surface area (Å²) in [5, 5.41) is 3.45. The summed E-state index contributed by atoms with van der Waals surface area (Å²) >= 11 is 8.17. The van der Waals surface area contributed by atoms with E-state index in [0.29, 0.717) is 17.3 Å². The second-order valence-corrected chi connectivity index (χ2v) is 5.42. The van der Waals surface area contributed by atoms with Gasteiger partial charge in [-0.1, -0.05) is 40.3 Å². The van der Waals surface area contributed by atoms with Gasteiger partial charge in [-0.3, -0.25) is 4.79 Å². The third-order valence-corrected chi connectivity index (χ3v) is 3.34. The van der Waals surface area contributed by atoms with Crippen LogP contribution in [0.1, 0.15) is 19.8 Å². The van der Waals surface area contributed by atoms with Crippen molar-refractivity contribution >= 4 is 40.1 Å². The average Bonchev–Trinajstić information content (AvgIpc) is 2.34. The molecule has 0 saturated carbocycles. The topological polar surface area (TPSA) is 38.3 Å². The van der Waals surface area contributed by atoms with Gasteiger partial charge in [0.15, 0.2) is 6.10 Å². The molecule has 0 saturated heterocycles. The monoisotopic (exact) mass is 381 g/mol. The Balaban J connectivity index is 2.35. The third-order valence-electron chi connectivity index (χ3n) is 2.34. The number of ether oxygens (including phenoxy) is 1. The van der Waals surface area contributed by atoms with Crippen LogP contribution in [0.25, 0.3) is 0 Å². The van der Waals surface area contributed by atoms with Crippen molar-refractivity contribution in [2.24, 2.45) is 0 Å². The zero-order chi connectivity index (χ0) is 13.4. The van der Waals surface area contributed by atoms with E-state index in [1.165, 1.54) is 0 Å². The summed E-state index contributed by atoms with van der Waals surface area (Å²) in [6.07, 6.45) is 1.60. The number of halogens is 2. The summed E-state index contributed by atoms with van der Waals surface area (Å²) < 4.78 is 6.63. The highest BCUT2D eigenvalue weighted by atomic mass is 127. The maximum atomic E-state index is 11.7. The molecule has 1 N–H and O–H groups in total. The molecule has 5 heteroatoms. The van der Waals surface area contributed by atoms with Gasteiger partial charge in [-0.2, -0.15) is 0 Å². The standard InChI is InChI=1S/C13H17ClINO2/c1-10(13(17)16-8-3-2-7-15)18-12-6-4-5-11(14)9-12/h4-6,9-10H,2-3,7-8H2,1H3,(H,16,17). The smallest absolute Gasteiger partial charge is 0.260 e. The van der Waals surface area contributed by atoms with Gasteiger partial charge in [-0.25, -0.2) is 0 Å². The van der Waals surface area contributed by atoms with Gasteiger partial charge in [-0.05, 0) is 42.4 Å². The lowest BCUT2D eigenvalue weighted by Gasteiger charge is -2.14. The predicted molar refractivity (Wildman–Crippen MR) is 82.7 cm³/mol. The zero-order valence-electron chi connectivity index (χ0n) is 10.3. The van der Waals surface area contributed by atoms with Gasteiger partial charge >= 0.3 is 0 Å². The first-order valence-corrected chi connectivity index (χ1v) is 7.79. The number of amides is 1. The van der Waals surface area contributed by atoms with Crippen LogP contribution in [0.15, 0.2) is 24.3 Å². The summed E-state index contributed by atoms with van der Waals surface area (Å²) in [6.45, 7) is 2.43. The normalized spacial score (nSPS) is 11.9. The molecule has 0 bridgehead atoms. The fourth-order valence-corrected chi connectivity index (χ4v) is 2.09. The molecule has 0 heterocycles. The van der Waals surface area contributed by atoms with Crippen LogP contribution in [0.4, 0.5) is 0 Å². The number of hydrogen-bond donors (Lipinski definition) is 1. The predicted octanol–water partition coefficient (Wildman–Crippen LogP) is 3.44. The highest BCUT2D eigenvalue weighted by Crippen LogP contribution is 2.18. The molecule has 1 rings (SSSR count). The van der Waals surface area contributed by atoms with Crippen LogP contribution in [0, 0.1) is 0 Å². The van der Waals surface area contributed by atoms with Crippen molar-refractivity contribution in [3.63, 3.8) is 0 Å². The Hall–Kier alpha value is -0.490. The van der Waals surface area contributed by atoms with Gasteiger partial charge in [0.05, 0.1) is 0 Å². The van der Waals surface area contributed by atoms with Crippen LogP contribution >= 0.6 is 34.2 Å². The van der Waals surface area contributed by atoms with Gasteiger partial charge in [0, 0.05) is 11.6 Å². The van der Waals surface area contributed by atoms with Crippen molar-refractivity contribution in [1.82, 2.24) is 5.32 Å². The van der Waals surface area contributed by atoms with Crippen LogP contribution in [0.2, 0.25) is 5.02 Å². The largest absolute Gasteiger partial charge is 0.481 e. The van der Waals surface area contributed by atoms with E-state index in [-0.39, 0.29) is 5.91 Å². The van der Waals surface area contributed by atoms with Crippen LogP contribution < -0.4 is 10.1 Å². The van der Waals surface area contributed by atoms with E-state index >= 15 is 0 Å². The Morgan fingerprint density at radius 3 is 2.94 bits per heavy atom. The summed E-state index contributed by atoms with van der Waals surface area (Å²) in [7, 11) is 0. The molecule has 0 spiro atoms. The van der Waals surface area contributed by atoms with Crippen molar-refractivity contribution in [2.75, 3.05) is 11.0 Å². The van der Waals surface area contributed by atoms with E-state index in [0.717, 1.165) is 17.3 Å². The minimum atomic E-state index is -0.511. The lowest BCUT2D eigenvalue weighted by molar-refractivity contribution is -0.127. The molecule has 0 aliphatic rings. The van der Waals surface area contributed by atoms with Crippen LogP contribution in [-0.4, -0.2) is 23.0 Å². The second kappa shape index (κ2) is 8.58. The van der Waals surface area contributed by atoms with Crippen molar-refractivity contribution < 1.29 is 9.53 Å². The number of unbranched alkanes of at least 4 members (excludes halogenated alkanes) is 1. The number of rotatable bonds is 7. The molecule has 0 aliphatic heterocycles. The van der Waals surface area contributed by atoms with Gasteiger partial charge < -0.3 is 10.1 Å². The number of nitrogens with one attached hydrogen (secondary N) is 1. The first-order valence-electron chi connectivity index (χ1n) is 5.89. The Labute approximate surface area is 126 Å². The third kappa shape index (κ3) is 5.91. The van der Waals surface area contributed by atoms with Gasteiger partial charge in [0.2, 0.25) is 0 Å². The molecule has 1 unspecified atom stereocenters. The zero-order valence-corrected chi connectivity index (χ0v) is 13.2. The highest BCUT2D eigenvalue weighted by Gasteiger charge is 2.13. The van der Waals surface area contributed by atoms with Crippen LogP contribution in [0.5, 0.6) is 5.75 Å². The lowest BCUT2D eigenvalue weighted by Crippen LogP contribution is -2.36. The fraction of sp³-hybridized carbons (Fsp3) is 0.462. The Morgan fingerprint density at radius 2 is 2.28 bits per heavy atom. The molecule has 1 aromatic carbocycles. The summed E-state index contributed by atoms with van der Waals surface area (Å²) in [5.74, 6) is 0.515. The Kier molecular flexibility index (Phi) is 7.42. The average molecular weight is 382 g/mol.